The molecule has 1 amide bonds. The molecular weight excluding hydrogens is 354 g/mol. The fourth-order valence-corrected chi connectivity index (χ4v) is 3.80. The van der Waals surface area contributed by atoms with Crippen LogP contribution in [0.2, 0.25) is 0 Å². The van der Waals surface area contributed by atoms with Crippen LogP contribution in [-0.4, -0.2) is 53.4 Å². The van der Waals surface area contributed by atoms with Gasteiger partial charge in [-0.05, 0) is 19.4 Å². The molecule has 2 heterocycles. The topological polar surface area (TPSA) is 91.6 Å². The number of hydrogen-bond acceptors (Lipinski definition) is 7. The van der Waals surface area contributed by atoms with Crippen LogP contribution in [0.4, 0.5) is 16.5 Å². The summed E-state index contributed by atoms with van der Waals surface area (Å²) >= 11 is 1.64. The maximum atomic E-state index is 12.3. The number of anilines is 2. The number of nitrogens with zero attached hydrogens (tertiary/aromatic N) is 4. The molecule has 2 aromatic rings. The van der Waals surface area contributed by atoms with Crippen molar-refractivity contribution in [2.75, 3.05) is 42.9 Å². The Morgan fingerprint density at radius 1 is 1.31 bits per heavy atom. The number of hydrogen-bond donors (Lipinski definition) is 1. The predicted molar refractivity (Wildman–Crippen MR) is 102 cm³/mol. The zero-order chi connectivity index (χ0) is 18.5. The molecule has 3 rings (SSSR count). The summed E-state index contributed by atoms with van der Waals surface area (Å²) in [6.45, 7) is 5.49. The van der Waals surface area contributed by atoms with Gasteiger partial charge < -0.3 is 10.2 Å². The highest BCUT2D eigenvalue weighted by atomic mass is 32.1. The molecule has 1 aliphatic rings. The largest absolute Gasteiger partial charge is 0.347 e. The van der Waals surface area contributed by atoms with Gasteiger partial charge in [0.05, 0.1) is 17.2 Å². The number of nitro benzene ring substituents is 1. The van der Waals surface area contributed by atoms with Gasteiger partial charge in [-0.15, -0.1) is 11.3 Å². The van der Waals surface area contributed by atoms with E-state index in [1.54, 1.807) is 29.5 Å². The first-order chi connectivity index (χ1) is 12.5. The van der Waals surface area contributed by atoms with Gasteiger partial charge in [-0.1, -0.05) is 12.1 Å². The van der Waals surface area contributed by atoms with Crippen molar-refractivity contribution in [1.29, 1.82) is 0 Å². The van der Waals surface area contributed by atoms with Crippen molar-refractivity contribution in [3.8, 4) is 0 Å². The molecule has 0 radical (unpaired) electrons. The summed E-state index contributed by atoms with van der Waals surface area (Å²) in [6, 6.07) is 6.18. The lowest BCUT2D eigenvalue weighted by Crippen LogP contribution is -2.36. The SMILES string of the molecule is Cc1csc(N2CCCN(CC(=O)Nc3ccccc3[N+](=O)[O-])CC2)n1. The number of benzene rings is 1. The Hall–Kier alpha value is -2.52. The van der Waals surface area contributed by atoms with Gasteiger partial charge >= 0.3 is 0 Å². The molecule has 1 fully saturated rings. The minimum absolute atomic E-state index is 0.0953. The van der Waals surface area contributed by atoms with Gasteiger partial charge in [0.25, 0.3) is 5.69 Å². The standard InChI is InChI=1S/C17H21N5O3S/c1-13-12-26-17(18-13)21-8-4-7-20(9-10-21)11-16(23)19-14-5-2-3-6-15(14)22(24)25/h2-3,5-6,12H,4,7-11H2,1H3,(H,19,23). The van der Waals surface area contributed by atoms with Crippen LogP contribution < -0.4 is 10.2 Å². The van der Waals surface area contributed by atoms with Gasteiger partial charge in [0.15, 0.2) is 5.13 Å². The van der Waals surface area contributed by atoms with Crippen LogP contribution >= 0.6 is 11.3 Å². The van der Waals surface area contributed by atoms with E-state index < -0.39 is 4.92 Å². The number of rotatable bonds is 5. The molecule has 1 aliphatic heterocycles. The van der Waals surface area contributed by atoms with Gasteiger partial charge in [-0.25, -0.2) is 4.98 Å². The third-order valence-corrected chi connectivity index (χ3v) is 5.23. The first-order valence-corrected chi connectivity index (χ1v) is 9.33. The summed E-state index contributed by atoms with van der Waals surface area (Å²) in [5, 5.41) is 16.8. The summed E-state index contributed by atoms with van der Waals surface area (Å²) in [5.41, 5.74) is 1.16. The van der Waals surface area contributed by atoms with Gasteiger partial charge in [-0.2, -0.15) is 0 Å². The lowest BCUT2D eigenvalue weighted by molar-refractivity contribution is -0.383. The van der Waals surface area contributed by atoms with Crippen molar-refractivity contribution in [2.45, 2.75) is 13.3 Å². The molecule has 1 aromatic carbocycles. The molecule has 138 valence electrons. The molecule has 1 aromatic heterocycles. The third kappa shape index (κ3) is 4.55. The molecule has 8 nitrogen and oxygen atoms in total. The van der Waals surface area contributed by atoms with Crippen molar-refractivity contribution in [2.24, 2.45) is 0 Å². The summed E-state index contributed by atoms with van der Waals surface area (Å²) in [4.78, 5) is 31.7. The average molecular weight is 375 g/mol. The fraction of sp³-hybridized carbons (Fsp3) is 0.412. The highest BCUT2D eigenvalue weighted by Crippen LogP contribution is 2.23. The Morgan fingerprint density at radius 2 is 2.12 bits per heavy atom. The number of aromatic nitrogens is 1. The monoisotopic (exact) mass is 375 g/mol. The van der Waals surface area contributed by atoms with Crippen LogP contribution in [0.15, 0.2) is 29.6 Å². The Bertz CT molecular complexity index is 794. The molecule has 1 saturated heterocycles. The van der Waals surface area contributed by atoms with E-state index in [0.29, 0.717) is 0 Å². The summed E-state index contributed by atoms with van der Waals surface area (Å²) in [7, 11) is 0. The van der Waals surface area contributed by atoms with E-state index in [1.807, 2.05) is 12.3 Å². The number of amides is 1. The Kier molecular flexibility index (Phi) is 5.79. The van der Waals surface area contributed by atoms with E-state index in [1.165, 1.54) is 6.07 Å². The van der Waals surface area contributed by atoms with Crippen LogP contribution in [-0.2, 0) is 4.79 Å². The lowest BCUT2D eigenvalue weighted by atomic mass is 10.2. The summed E-state index contributed by atoms with van der Waals surface area (Å²) in [5.74, 6) is -0.238. The number of nitro groups is 1. The second-order valence-corrected chi connectivity index (χ2v) is 7.05. The van der Waals surface area contributed by atoms with Gasteiger partial charge in [0.2, 0.25) is 5.91 Å². The quantitative estimate of drug-likeness (QED) is 0.638. The van der Waals surface area contributed by atoms with Crippen LogP contribution in [0.1, 0.15) is 12.1 Å². The Labute approximate surface area is 155 Å². The smallest absolute Gasteiger partial charge is 0.292 e. The highest BCUT2D eigenvalue weighted by molar-refractivity contribution is 7.13. The first kappa shape index (κ1) is 18.3. The van der Waals surface area contributed by atoms with Crippen LogP contribution in [0, 0.1) is 17.0 Å². The Morgan fingerprint density at radius 3 is 2.85 bits per heavy atom. The van der Waals surface area contributed by atoms with E-state index in [4.69, 9.17) is 0 Å². The van der Waals surface area contributed by atoms with E-state index in [0.717, 1.165) is 43.4 Å². The minimum Gasteiger partial charge on any atom is -0.347 e. The third-order valence-electron chi connectivity index (χ3n) is 4.21. The van der Waals surface area contributed by atoms with Crippen molar-refractivity contribution in [3.63, 3.8) is 0 Å². The fourth-order valence-electron chi connectivity index (χ4n) is 2.94. The molecule has 26 heavy (non-hydrogen) atoms. The number of thiazole rings is 1. The van der Waals surface area contributed by atoms with Gasteiger partial charge in [0.1, 0.15) is 5.69 Å². The summed E-state index contributed by atoms with van der Waals surface area (Å²) < 4.78 is 0. The van der Waals surface area contributed by atoms with E-state index in [9.17, 15) is 14.9 Å². The van der Waals surface area contributed by atoms with E-state index in [2.05, 4.69) is 20.1 Å². The zero-order valence-electron chi connectivity index (χ0n) is 14.6. The molecular formula is C17H21N5O3S. The highest BCUT2D eigenvalue weighted by Gasteiger charge is 2.20. The molecule has 1 N–H and O–H groups in total. The minimum atomic E-state index is -0.491. The van der Waals surface area contributed by atoms with Gasteiger partial charge in [0, 0.05) is 37.6 Å². The molecule has 0 unspecified atom stereocenters. The van der Waals surface area contributed by atoms with E-state index in [-0.39, 0.29) is 23.8 Å². The van der Waals surface area contributed by atoms with Crippen molar-refractivity contribution in [1.82, 2.24) is 9.88 Å². The number of carbonyl (C=O) groups is 1. The molecule has 0 saturated carbocycles. The van der Waals surface area contributed by atoms with Crippen LogP contribution in [0.25, 0.3) is 0 Å². The molecule has 9 heteroatoms. The predicted octanol–water partition coefficient (Wildman–Crippen LogP) is 2.51. The van der Waals surface area contributed by atoms with Crippen LogP contribution in [0.5, 0.6) is 0 Å². The Balaban J connectivity index is 1.56. The molecule has 0 aliphatic carbocycles. The lowest BCUT2D eigenvalue weighted by Gasteiger charge is -2.21. The maximum absolute atomic E-state index is 12.3. The second-order valence-electron chi connectivity index (χ2n) is 6.21. The summed E-state index contributed by atoms with van der Waals surface area (Å²) in [6.07, 6.45) is 0.942. The number of aryl methyl sites for hydroxylation is 1. The maximum Gasteiger partial charge on any atom is 0.292 e. The zero-order valence-corrected chi connectivity index (χ0v) is 15.4. The first-order valence-electron chi connectivity index (χ1n) is 8.45. The van der Waals surface area contributed by atoms with Crippen molar-refractivity contribution >= 4 is 33.8 Å². The number of para-hydroxylation sites is 2. The van der Waals surface area contributed by atoms with Crippen LogP contribution in [0.3, 0.4) is 0 Å². The molecule has 0 bridgehead atoms. The number of carbonyl (C=O) groups excluding carboxylic acids is 1. The van der Waals surface area contributed by atoms with E-state index >= 15 is 0 Å². The average Bonchev–Trinajstić information content (AvgIpc) is 2.90. The van der Waals surface area contributed by atoms with Crippen molar-refractivity contribution < 1.29 is 9.72 Å². The second kappa shape index (κ2) is 8.24. The molecule has 0 atom stereocenters. The molecule has 0 spiro atoms. The van der Waals surface area contributed by atoms with Gasteiger partial charge in [-0.3, -0.25) is 19.8 Å². The normalized spacial score (nSPS) is 15.5. The number of nitrogens with one attached hydrogen (secondary N) is 1. The van der Waals surface area contributed by atoms with Crippen molar-refractivity contribution in [3.05, 3.63) is 45.5 Å².